The van der Waals surface area contributed by atoms with Gasteiger partial charge >= 0.3 is 0 Å². The molecule has 2 rings (SSSR count). The van der Waals surface area contributed by atoms with Gasteiger partial charge < -0.3 is 5.32 Å². The smallest absolute Gasteiger partial charge is 0.113 e. The van der Waals surface area contributed by atoms with Crippen LogP contribution in [0.4, 0.5) is 0 Å². The van der Waals surface area contributed by atoms with Gasteiger partial charge in [0.15, 0.2) is 0 Å². The molecule has 1 aromatic rings. The Hall–Kier alpha value is -0.410. The van der Waals surface area contributed by atoms with Crippen LogP contribution in [0.2, 0.25) is 0 Å². The van der Waals surface area contributed by atoms with Gasteiger partial charge in [0.2, 0.25) is 0 Å². The summed E-state index contributed by atoms with van der Waals surface area (Å²) in [6, 6.07) is 0. The monoisotopic (exact) mass is 266 g/mol. The van der Waals surface area contributed by atoms with E-state index in [2.05, 4.69) is 45.4 Å². The Kier molecular flexibility index (Phi) is 3.84. The molecule has 18 heavy (non-hydrogen) atoms. The molecule has 0 aliphatic heterocycles. The first-order valence-electron chi connectivity index (χ1n) is 7.05. The van der Waals surface area contributed by atoms with Crippen molar-refractivity contribution in [2.45, 2.75) is 64.3 Å². The molecule has 0 spiro atoms. The minimum absolute atomic E-state index is 0.117. The zero-order chi connectivity index (χ0) is 13.4. The number of nitrogens with zero attached hydrogens (tertiary/aromatic N) is 1. The summed E-state index contributed by atoms with van der Waals surface area (Å²) >= 11 is 1.84. The van der Waals surface area contributed by atoms with Crippen molar-refractivity contribution in [3.8, 4) is 0 Å². The number of hydrogen-bond donors (Lipinski definition) is 1. The number of rotatable bonds is 2. The highest BCUT2D eigenvalue weighted by molar-refractivity contribution is 7.09. The van der Waals surface area contributed by atoms with Gasteiger partial charge in [0.05, 0.1) is 11.2 Å². The van der Waals surface area contributed by atoms with Gasteiger partial charge in [-0.3, -0.25) is 0 Å². The van der Waals surface area contributed by atoms with Crippen LogP contribution < -0.4 is 5.32 Å². The molecular weight excluding hydrogens is 240 g/mol. The van der Waals surface area contributed by atoms with E-state index in [0.717, 1.165) is 0 Å². The van der Waals surface area contributed by atoms with Crippen LogP contribution in [0, 0.1) is 5.92 Å². The normalized spacial score (nSPS) is 29.5. The molecule has 1 aliphatic carbocycles. The lowest BCUT2D eigenvalue weighted by atomic mass is 9.74. The van der Waals surface area contributed by atoms with Gasteiger partial charge in [-0.25, -0.2) is 4.98 Å². The SMILES string of the molecule is CNC1(c2nc(C(C)(C)C)cs2)CCCCC1C. The number of hydrogen-bond acceptors (Lipinski definition) is 3. The first-order valence-corrected chi connectivity index (χ1v) is 7.93. The maximum absolute atomic E-state index is 4.95. The molecule has 0 radical (unpaired) electrons. The van der Waals surface area contributed by atoms with Crippen molar-refractivity contribution < 1.29 is 0 Å². The highest BCUT2D eigenvalue weighted by atomic mass is 32.1. The Morgan fingerprint density at radius 1 is 1.39 bits per heavy atom. The van der Waals surface area contributed by atoms with Crippen molar-refractivity contribution in [3.05, 3.63) is 16.1 Å². The molecule has 0 bridgehead atoms. The fraction of sp³-hybridized carbons (Fsp3) is 0.800. The molecule has 1 heterocycles. The second-order valence-electron chi connectivity index (χ2n) is 6.66. The third-order valence-electron chi connectivity index (χ3n) is 4.40. The topological polar surface area (TPSA) is 24.9 Å². The molecule has 3 heteroatoms. The summed E-state index contributed by atoms with van der Waals surface area (Å²) in [5, 5.41) is 7.14. The van der Waals surface area contributed by atoms with E-state index in [4.69, 9.17) is 4.98 Å². The summed E-state index contributed by atoms with van der Waals surface area (Å²) in [5.41, 5.74) is 1.50. The van der Waals surface area contributed by atoms with Crippen LogP contribution in [0.25, 0.3) is 0 Å². The lowest BCUT2D eigenvalue weighted by Crippen LogP contribution is -2.47. The van der Waals surface area contributed by atoms with E-state index >= 15 is 0 Å². The lowest BCUT2D eigenvalue weighted by Gasteiger charge is -2.41. The average molecular weight is 266 g/mol. The Bertz CT molecular complexity index is 405. The maximum atomic E-state index is 4.95. The molecule has 0 amide bonds. The number of aromatic nitrogens is 1. The average Bonchev–Trinajstić information content (AvgIpc) is 2.79. The van der Waals surface area contributed by atoms with E-state index in [1.54, 1.807) is 0 Å². The summed E-state index contributed by atoms with van der Waals surface area (Å²) in [6.45, 7) is 9.08. The Labute approximate surface area is 115 Å². The molecule has 1 saturated carbocycles. The molecule has 1 fully saturated rings. The van der Waals surface area contributed by atoms with Crippen molar-refractivity contribution >= 4 is 11.3 Å². The summed E-state index contributed by atoms with van der Waals surface area (Å²) in [5.74, 6) is 0.676. The van der Waals surface area contributed by atoms with Crippen LogP contribution in [0.1, 0.15) is 64.1 Å². The molecular formula is C15H26N2S. The minimum atomic E-state index is 0.117. The van der Waals surface area contributed by atoms with E-state index in [1.165, 1.54) is 36.4 Å². The van der Waals surface area contributed by atoms with Crippen molar-refractivity contribution in [2.24, 2.45) is 5.92 Å². The van der Waals surface area contributed by atoms with Gasteiger partial charge in [0.1, 0.15) is 5.01 Å². The predicted molar refractivity (Wildman–Crippen MR) is 79.2 cm³/mol. The summed E-state index contributed by atoms with van der Waals surface area (Å²) in [7, 11) is 2.10. The highest BCUT2D eigenvalue weighted by Gasteiger charge is 2.41. The largest absolute Gasteiger partial charge is 0.308 e. The van der Waals surface area contributed by atoms with Gasteiger partial charge in [-0.15, -0.1) is 11.3 Å². The fourth-order valence-electron chi connectivity index (χ4n) is 2.97. The van der Waals surface area contributed by atoms with E-state index in [1.807, 2.05) is 11.3 Å². The van der Waals surface area contributed by atoms with Crippen LogP contribution >= 0.6 is 11.3 Å². The lowest BCUT2D eigenvalue weighted by molar-refractivity contribution is 0.164. The third-order valence-corrected chi connectivity index (χ3v) is 5.42. The molecule has 1 N–H and O–H groups in total. The quantitative estimate of drug-likeness (QED) is 0.873. The number of nitrogens with one attached hydrogen (secondary N) is 1. The van der Waals surface area contributed by atoms with Crippen molar-refractivity contribution in [2.75, 3.05) is 7.05 Å². The van der Waals surface area contributed by atoms with E-state index < -0.39 is 0 Å². The van der Waals surface area contributed by atoms with Crippen LogP contribution in [0.15, 0.2) is 5.38 Å². The Balaban J connectivity index is 2.35. The van der Waals surface area contributed by atoms with E-state index in [0.29, 0.717) is 5.92 Å². The standard InChI is InChI=1S/C15H26N2S/c1-11-8-6-7-9-15(11,16-5)13-17-12(10-18-13)14(2,3)4/h10-11,16H,6-9H2,1-5H3. The highest BCUT2D eigenvalue weighted by Crippen LogP contribution is 2.43. The van der Waals surface area contributed by atoms with E-state index in [9.17, 15) is 0 Å². The maximum Gasteiger partial charge on any atom is 0.113 e. The molecule has 0 aromatic carbocycles. The van der Waals surface area contributed by atoms with Crippen LogP contribution in [0.3, 0.4) is 0 Å². The molecule has 2 nitrogen and oxygen atoms in total. The third kappa shape index (κ3) is 2.35. The zero-order valence-corrected chi connectivity index (χ0v) is 13.2. The van der Waals surface area contributed by atoms with E-state index in [-0.39, 0.29) is 11.0 Å². The Morgan fingerprint density at radius 3 is 2.61 bits per heavy atom. The van der Waals surface area contributed by atoms with Crippen molar-refractivity contribution in [1.82, 2.24) is 10.3 Å². The molecule has 1 aromatic heterocycles. The number of thiazole rings is 1. The molecule has 0 saturated heterocycles. The first-order chi connectivity index (χ1) is 8.40. The van der Waals surface area contributed by atoms with Gasteiger partial charge in [0.25, 0.3) is 0 Å². The first kappa shape index (κ1) is 14.0. The van der Waals surface area contributed by atoms with Gasteiger partial charge in [-0.05, 0) is 25.8 Å². The second-order valence-corrected chi connectivity index (χ2v) is 7.51. The van der Waals surface area contributed by atoms with Gasteiger partial charge in [-0.1, -0.05) is 40.5 Å². The van der Waals surface area contributed by atoms with Gasteiger partial charge in [-0.2, -0.15) is 0 Å². The van der Waals surface area contributed by atoms with Crippen LogP contribution in [-0.4, -0.2) is 12.0 Å². The molecule has 1 aliphatic rings. The fourth-order valence-corrected chi connectivity index (χ4v) is 4.36. The molecule has 2 unspecified atom stereocenters. The summed E-state index contributed by atoms with van der Waals surface area (Å²) < 4.78 is 0. The molecule has 2 atom stereocenters. The van der Waals surface area contributed by atoms with Gasteiger partial charge in [0, 0.05) is 10.8 Å². The Morgan fingerprint density at radius 2 is 2.11 bits per heavy atom. The van der Waals surface area contributed by atoms with Crippen molar-refractivity contribution in [1.29, 1.82) is 0 Å². The predicted octanol–water partition coefficient (Wildman–Crippen LogP) is 4.07. The second kappa shape index (κ2) is 4.93. The minimum Gasteiger partial charge on any atom is -0.308 e. The zero-order valence-electron chi connectivity index (χ0n) is 12.3. The van der Waals surface area contributed by atoms with Crippen molar-refractivity contribution in [3.63, 3.8) is 0 Å². The summed E-state index contributed by atoms with van der Waals surface area (Å²) in [4.78, 5) is 4.95. The van der Waals surface area contributed by atoms with Crippen LogP contribution in [-0.2, 0) is 11.0 Å². The molecule has 102 valence electrons. The summed E-state index contributed by atoms with van der Waals surface area (Å²) in [6.07, 6.45) is 5.21. The van der Waals surface area contributed by atoms with Crippen LogP contribution in [0.5, 0.6) is 0 Å².